The molecule has 0 bridgehead atoms. The molecule has 0 atom stereocenters. The summed E-state index contributed by atoms with van der Waals surface area (Å²) < 4.78 is 11.1. The molecular weight excluding hydrogens is 350 g/mol. The standard InChI is InChI=1S/C19H19N3O3S/c1-14-6-5-9-16(12-14)24-13-18-21-22-19(25-18)26-11-10-17(23)20-15-7-3-2-4-8-15/h2-9,12H,10-11,13H2,1H3,(H,20,23). The number of anilines is 1. The molecule has 134 valence electrons. The second kappa shape index (κ2) is 9.05. The van der Waals surface area contributed by atoms with Gasteiger partial charge in [-0.05, 0) is 36.8 Å². The summed E-state index contributed by atoms with van der Waals surface area (Å²) in [5, 5.41) is 11.2. The topological polar surface area (TPSA) is 77.2 Å². The number of nitrogens with zero attached hydrogens (tertiary/aromatic N) is 2. The quantitative estimate of drug-likeness (QED) is 0.603. The molecule has 0 aliphatic rings. The van der Waals surface area contributed by atoms with Crippen molar-refractivity contribution in [3.63, 3.8) is 0 Å². The summed E-state index contributed by atoms with van der Waals surface area (Å²) in [5.41, 5.74) is 1.91. The molecule has 0 saturated carbocycles. The largest absolute Gasteiger partial charge is 0.484 e. The number of thioether (sulfide) groups is 1. The van der Waals surface area contributed by atoms with Crippen molar-refractivity contribution < 1.29 is 13.9 Å². The van der Waals surface area contributed by atoms with Gasteiger partial charge in [0.15, 0.2) is 6.61 Å². The molecule has 1 aromatic heterocycles. The van der Waals surface area contributed by atoms with Crippen LogP contribution in [0.15, 0.2) is 64.2 Å². The molecule has 3 rings (SSSR count). The highest BCUT2D eigenvalue weighted by Gasteiger charge is 2.09. The van der Waals surface area contributed by atoms with E-state index in [4.69, 9.17) is 9.15 Å². The van der Waals surface area contributed by atoms with Crippen LogP contribution in [0.2, 0.25) is 0 Å². The lowest BCUT2D eigenvalue weighted by Gasteiger charge is -2.04. The first-order valence-electron chi connectivity index (χ1n) is 8.18. The maximum Gasteiger partial charge on any atom is 0.276 e. The molecule has 7 heteroatoms. The summed E-state index contributed by atoms with van der Waals surface area (Å²) in [6.07, 6.45) is 0.358. The third-order valence-electron chi connectivity index (χ3n) is 3.41. The van der Waals surface area contributed by atoms with Crippen LogP contribution >= 0.6 is 11.8 Å². The average Bonchev–Trinajstić information content (AvgIpc) is 3.09. The van der Waals surface area contributed by atoms with Crippen LogP contribution in [0.25, 0.3) is 0 Å². The van der Waals surface area contributed by atoms with Crippen molar-refractivity contribution in [3.8, 4) is 5.75 Å². The molecular formula is C19H19N3O3S. The lowest BCUT2D eigenvalue weighted by atomic mass is 10.2. The Hall–Kier alpha value is -2.80. The van der Waals surface area contributed by atoms with E-state index in [-0.39, 0.29) is 12.5 Å². The van der Waals surface area contributed by atoms with Gasteiger partial charge in [0.2, 0.25) is 5.91 Å². The number of ether oxygens (including phenoxy) is 1. The Bertz CT molecular complexity index is 852. The fourth-order valence-corrected chi connectivity index (χ4v) is 2.90. The molecule has 1 amide bonds. The third kappa shape index (κ3) is 5.63. The Balaban J connectivity index is 1.40. The van der Waals surface area contributed by atoms with Crippen molar-refractivity contribution in [2.45, 2.75) is 25.2 Å². The highest BCUT2D eigenvalue weighted by molar-refractivity contribution is 7.99. The second-order valence-electron chi connectivity index (χ2n) is 5.58. The van der Waals surface area contributed by atoms with Gasteiger partial charge in [0.05, 0.1) is 0 Å². The van der Waals surface area contributed by atoms with Crippen LogP contribution in [0.1, 0.15) is 17.9 Å². The lowest BCUT2D eigenvalue weighted by Crippen LogP contribution is -2.11. The summed E-state index contributed by atoms with van der Waals surface area (Å²) in [6, 6.07) is 17.1. The van der Waals surface area contributed by atoms with E-state index in [1.165, 1.54) is 11.8 Å². The number of amides is 1. The van der Waals surface area contributed by atoms with Crippen molar-refractivity contribution in [2.75, 3.05) is 11.1 Å². The van der Waals surface area contributed by atoms with Gasteiger partial charge in [-0.1, -0.05) is 42.1 Å². The molecule has 0 fully saturated rings. The average molecular weight is 369 g/mol. The van der Waals surface area contributed by atoms with Crippen LogP contribution in [0.4, 0.5) is 5.69 Å². The van der Waals surface area contributed by atoms with Gasteiger partial charge < -0.3 is 14.5 Å². The van der Waals surface area contributed by atoms with Crippen molar-refractivity contribution in [2.24, 2.45) is 0 Å². The summed E-state index contributed by atoms with van der Waals surface area (Å²) in [4.78, 5) is 11.9. The predicted octanol–water partition coefficient (Wildman–Crippen LogP) is 4.08. The van der Waals surface area contributed by atoms with Crippen LogP contribution in [-0.4, -0.2) is 21.9 Å². The fourth-order valence-electron chi connectivity index (χ4n) is 2.18. The van der Waals surface area contributed by atoms with Crippen LogP contribution in [0.3, 0.4) is 0 Å². The summed E-state index contributed by atoms with van der Waals surface area (Å²) in [7, 11) is 0. The molecule has 2 aromatic carbocycles. The minimum Gasteiger partial charge on any atom is -0.484 e. The number of carbonyl (C=O) groups excluding carboxylic acids is 1. The second-order valence-corrected chi connectivity index (χ2v) is 6.63. The van der Waals surface area contributed by atoms with Crippen LogP contribution in [0.5, 0.6) is 5.75 Å². The van der Waals surface area contributed by atoms with E-state index >= 15 is 0 Å². The molecule has 6 nitrogen and oxygen atoms in total. The minimum atomic E-state index is -0.0498. The van der Waals surface area contributed by atoms with Gasteiger partial charge in [0.25, 0.3) is 11.1 Å². The number of aromatic nitrogens is 2. The van der Waals surface area contributed by atoms with Crippen molar-refractivity contribution in [1.29, 1.82) is 0 Å². The van der Waals surface area contributed by atoms with Crippen molar-refractivity contribution >= 4 is 23.4 Å². The van der Waals surface area contributed by atoms with Crippen LogP contribution in [-0.2, 0) is 11.4 Å². The van der Waals surface area contributed by atoms with E-state index in [1.807, 2.05) is 61.5 Å². The van der Waals surface area contributed by atoms with Crippen LogP contribution in [0, 0.1) is 6.92 Å². The van der Waals surface area contributed by atoms with Gasteiger partial charge in [-0.15, -0.1) is 10.2 Å². The highest BCUT2D eigenvalue weighted by atomic mass is 32.2. The number of aryl methyl sites for hydroxylation is 1. The molecule has 0 aliphatic carbocycles. The number of rotatable bonds is 8. The minimum absolute atomic E-state index is 0.0498. The van der Waals surface area contributed by atoms with Gasteiger partial charge in [-0.3, -0.25) is 4.79 Å². The number of carbonyl (C=O) groups is 1. The first kappa shape index (κ1) is 18.0. The molecule has 0 saturated heterocycles. The van der Waals surface area contributed by atoms with E-state index < -0.39 is 0 Å². The summed E-state index contributed by atoms with van der Waals surface area (Å²) in [6.45, 7) is 2.22. The molecule has 1 N–H and O–H groups in total. The Morgan fingerprint density at radius 3 is 2.81 bits per heavy atom. The predicted molar refractivity (Wildman–Crippen MR) is 100 cm³/mol. The van der Waals surface area contributed by atoms with E-state index in [2.05, 4.69) is 15.5 Å². The van der Waals surface area contributed by atoms with Gasteiger partial charge >= 0.3 is 0 Å². The van der Waals surface area contributed by atoms with E-state index in [0.717, 1.165) is 17.0 Å². The zero-order chi connectivity index (χ0) is 18.2. The van der Waals surface area contributed by atoms with Gasteiger partial charge in [-0.2, -0.15) is 0 Å². The number of hydrogen-bond donors (Lipinski definition) is 1. The summed E-state index contributed by atoms with van der Waals surface area (Å²) in [5.74, 6) is 1.67. The molecule has 0 unspecified atom stereocenters. The lowest BCUT2D eigenvalue weighted by molar-refractivity contribution is -0.115. The molecule has 1 heterocycles. The van der Waals surface area contributed by atoms with E-state index in [0.29, 0.717) is 23.3 Å². The Morgan fingerprint density at radius 2 is 2.00 bits per heavy atom. The maximum atomic E-state index is 11.9. The number of hydrogen-bond acceptors (Lipinski definition) is 6. The Kier molecular flexibility index (Phi) is 6.27. The Labute approximate surface area is 156 Å². The smallest absolute Gasteiger partial charge is 0.276 e. The molecule has 0 radical (unpaired) electrons. The Morgan fingerprint density at radius 1 is 1.15 bits per heavy atom. The molecule has 26 heavy (non-hydrogen) atoms. The van der Waals surface area contributed by atoms with Crippen LogP contribution < -0.4 is 10.1 Å². The van der Waals surface area contributed by atoms with Gasteiger partial charge in [-0.25, -0.2) is 0 Å². The normalized spacial score (nSPS) is 10.5. The van der Waals surface area contributed by atoms with Gasteiger partial charge in [0, 0.05) is 17.9 Å². The molecule has 0 spiro atoms. The first-order valence-corrected chi connectivity index (χ1v) is 9.17. The summed E-state index contributed by atoms with van der Waals surface area (Å²) >= 11 is 1.35. The zero-order valence-corrected chi connectivity index (χ0v) is 15.2. The number of benzene rings is 2. The number of para-hydroxylation sites is 1. The molecule has 3 aromatic rings. The van der Waals surface area contributed by atoms with Crippen molar-refractivity contribution in [1.82, 2.24) is 10.2 Å². The fraction of sp³-hybridized carbons (Fsp3) is 0.211. The first-order chi connectivity index (χ1) is 12.7. The monoisotopic (exact) mass is 369 g/mol. The van der Waals surface area contributed by atoms with E-state index in [9.17, 15) is 4.79 Å². The molecule has 0 aliphatic heterocycles. The van der Waals surface area contributed by atoms with E-state index in [1.54, 1.807) is 0 Å². The highest BCUT2D eigenvalue weighted by Crippen LogP contribution is 2.19. The SMILES string of the molecule is Cc1cccc(OCc2nnc(SCCC(=O)Nc3ccccc3)o2)c1. The van der Waals surface area contributed by atoms with Gasteiger partial charge in [0.1, 0.15) is 5.75 Å². The maximum absolute atomic E-state index is 11.9. The zero-order valence-electron chi connectivity index (χ0n) is 14.3. The third-order valence-corrected chi connectivity index (χ3v) is 4.23. The van der Waals surface area contributed by atoms with Crippen molar-refractivity contribution in [3.05, 3.63) is 66.1 Å². The number of nitrogens with one attached hydrogen (secondary N) is 1.